The van der Waals surface area contributed by atoms with Gasteiger partial charge in [0.15, 0.2) is 0 Å². The standard InChI is InChI=1S/C18H27Cl2N3/c19-16-5-4-14(12-17(16)20)18(13-21)23-10-6-15(7-11-23)22-8-2-1-3-9-22/h4-5,12,15,18H,1-3,6-11,13,21H2. The fourth-order valence-electron chi connectivity index (χ4n) is 4.06. The molecule has 3 nitrogen and oxygen atoms in total. The van der Waals surface area contributed by atoms with Crippen LogP contribution in [0, 0.1) is 0 Å². The zero-order chi connectivity index (χ0) is 16.2. The Morgan fingerprint density at radius 3 is 2.30 bits per heavy atom. The number of nitrogens with zero attached hydrogens (tertiary/aromatic N) is 2. The summed E-state index contributed by atoms with van der Waals surface area (Å²) in [7, 11) is 0. The van der Waals surface area contributed by atoms with Gasteiger partial charge in [0.1, 0.15) is 0 Å². The highest BCUT2D eigenvalue weighted by Crippen LogP contribution is 2.30. The fraction of sp³-hybridized carbons (Fsp3) is 0.667. The molecule has 1 aromatic rings. The van der Waals surface area contributed by atoms with E-state index in [0.717, 1.165) is 19.1 Å². The van der Waals surface area contributed by atoms with Gasteiger partial charge in [-0.25, -0.2) is 0 Å². The summed E-state index contributed by atoms with van der Waals surface area (Å²) in [5, 5.41) is 1.22. The van der Waals surface area contributed by atoms with Gasteiger partial charge in [-0.3, -0.25) is 4.90 Å². The summed E-state index contributed by atoms with van der Waals surface area (Å²) < 4.78 is 0. The largest absolute Gasteiger partial charge is 0.329 e. The molecule has 0 spiro atoms. The molecule has 1 unspecified atom stereocenters. The number of likely N-dealkylation sites (tertiary alicyclic amines) is 2. The molecule has 2 N–H and O–H groups in total. The molecule has 128 valence electrons. The van der Waals surface area contributed by atoms with Gasteiger partial charge in [0, 0.05) is 31.7 Å². The normalized spacial score (nSPS) is 23.1. The number of hydrogen-bond acceptors (Lipinski definition) is 3. The second kappa shape index (κ2) is 8.17. The van der Waals surface area contributed by atoms with Crippen LogP contribution in [0.1, 0.15) is 43.7 Å². The summed E-state index contributed by atoms with van der Waals surface area (Å²) in [5.74, 6) is 0. The van der Waals surface area contributed by atoms with Gasteiger partial charge in [0.25, 0.3) is 0 Å². The zero-order valence-electron chi connectivity index (χ0n) is 13.7. The molecule has 5 heteroatoms. The zero-order valence-corrected chi connectivity index (χ0v) is 15.2. The Morgan fingerprint density at radius 1 is 1.00 bits per heavy atom. The summed E-state index contributed by atoms with van der Waals surface area (Å²) in [6, 6.07) is 6.91. The molecular formula is C18H27Cl2N3. The van der Waals surface area contributed by atoms with Crippen LogP contribution in [0.2, 0.25) is 10.0 Å². The average Bonchev–Trinajstić information content (AvgIpc) is 2.60. The Labute approximate surface area is 149 Å². The predicted octanol–water partition coefficient (Wildman–Crippen LogP) is 3.94. The third kappa shape index (κ3) is 4.21. The summed E-state index contributed by atoms with van der Waals surface area (Å²) >= 11 is 12.2. The SMILES string of the molecule is NCC(c1ccc(Cl)c(Cl)c1)N1CCC(N2CCCCC2)CC1. The van der Waals surface area contributed by atoms with Crippen LogP contribution in [0.15, 0.2) is 18.2 Å². The molecule has 1 atom stereocenters. The van der Waals surface area contributed by atoms with E-state index in [0.29, 0.717) is 16.6 Å². The summed E-state index contributed by atoms with van der Waals surface area (Å²) in [6.45, 7) is 5.43. The maximum absolute atomic E-state index is 6.18. The van der Waals surface area contributed by atoms with Crippen molar-refractivity contribution in [1.82, 2.24) is 9.80 Å². The topological polar surface area (TPSA) is 32.5 Å². The molecule has 2 saturated heterocycles. The van der Waals surface area contributed by atoms with Crippen LogP contribution in [0.5, 0.6) is 0 Å². The van der Waals surface area contributed by atoms with Crippen molar-refractivity contribution in [2.24, 2.45) is 5.73 Å². The predicted molar refractivity (Wildman–Crippen MR) is 98.3 cm³/mol. The first-order valence-electron chi connectivity index (χ1n) is 8.82. The lowest BCUT2D eigenvalue weighted by Gasteiger charge is -2.42. The van der Waals surface area contributed by atoms with Crippen molar-refractivity contribution >= 4 is 23.2 Å². The Kier molecular flexibility index (Phi) is 6.22. The maximum atomic E-state index is 6.18. The van der Waals surface area contributed by atoms with Crippen molar-refractivity contribution in [3.63, 3.8) is 0 Å². The average molecular weight is 356 g/mol. The number of hydrogen-bond donors (Lipinski definition) is 1. The van der Waals surface area contributed by atoms with Gasteiger partial charge in [-0.2, -0.15) is 0 Å². The van der Waals surface area contributed by atoms with Gasteiger partial charge in [-0.1, -0.05) is 35.7 Å². The van der Waals surface area contributed by atoms with Crippen molar-refractivity contribution in [2.75, 3.05) is 32.7 Å². The van der Waals surface area contributed by atoms with Crippen LogP contribution in [0.3, 0.4) is 0 Å². The van der Waals surface area contributed by atoms with E-state index in [1.54, 1.807) is 0 Å². The number of rotatable bonds is 4. The molecule has 2 aliphatic heterocycles. The van der Waals surface area contributed by atoms with Crippen LogP contribution in [-0.4, -0.2) is 48.6 Å². The third-order valence-electron chi connectivity index (χ3n) is 5.40. The lowest BCUT2D eigenvalue weighted by atomic mass is 9.96. The van der Waals surface area contributed by atoms with Gasteiger partial charge in [-0.15, -0.1) is 0 Å². The minimum atomic E-state index is 0.243. The molecule has 23 heavy (non-hydrogen) atoms. The second-order valence-corrected chi connectivity index (χ2v) is 7.60. The molecule has 2 aliphatic rings. The van der Waals surface area contributed by atoms with Gasteiger partial charge >= 0.3 is 0 Å². The molecule has 0 bridgehead atoms. The molecule has 0 radical (unpaired) electrons. The van der Waals surface area contributed by atoms with Crippen LogP contribution in [0.4, 0.5) is 0 Å². The lowest BCUT2D eigenvalue weighted by Crippen LogP contribution is -2.48. The van der Waals surface area contributed by atoms with Crippen LogP contribution >= 0.6 is 23.2 Å². The molecule has 0 aromatic heterocycles. The first kappa shape index (κ1) is 17.5. The van der Waals surface area contributed by atoms with Crippen LogP contribution < -0.4 is 5.73 Å². The van der Waals surface area contributed by atoms with Gasteiger partial charge in [-0.05, 0) is 56.5 Å². The van der Waals surface area contributed by atoms with E-state index in [1.807, 2.05) is 12.1 Å². The van der Waals surface area contributed by atoms with Gasteiger partial charge in [0.05, 0.1) is 10.0 Å². The quantitative estimate of drug-likeness (QED) is 0.887. The fourth-order valence-corrected chi connectivity index (χ4v) is 4.37. The summed E-state index contributed by atoms with van der Waals surface area (Å²) in [5.41, 5.74) is 7.25. The van der Waals surface area contributed by atoms with Crippen molar-refractivity contribution in [2.45, 2.75) is 44.2 Å². The van der Waals surface area contributed by atoms with E-state index in [4.69, 9.17) is 28.9 Å². The maximum Gasteiger partial charge on any atom is 0.0595 e. The Bertz CT molecular complexity index is 509. The molecule has 3 rings (SSSR count). The van der Waals surface area contributed by atoms with E-state index in [1.165, 1.54) is 50.8 Å². The van der Waals surface area contributed by atoms with Crippen molar-refractivity contribution in [3.8, 4) is 0 Å². The van der Waals surface area contributed by atoms with Crippen molar-refractivity contribution in [1.29, 1.82) is 0 Å². The van der Waals surface area contributed by atoms with Crippen LogP contribution in [-0.2, 0) is 0 Å². The van der Waals surface area contributed by atoms with E-state index in [-0.39, 0.29) is 6.04 Å². The van der Waals surface area contributed by atoms with Crippen molar-refractivity contribution in [3.05, 3.63) is 33.8 Å². The minimum absolute atomic E-state index is 0.243. The summed E-state index contributed by atoms with van der Waals surface area (Å²) in [6.07, 6.45) is 6.64. The Hall–Kier alpha value is -0.320. The molecule has 2 fully saturated rings. The minimum Gasteiger partial charge on any atom is -0.329 e. The van der Waals surface area contributed by atoms with E-state index >= 15 is 0 Å². The first-order chi connectivity index (χ1) is 11.2. The smallest absolute Gasteiger partial charge is 0.0595 e. The summed E-state index contributed by atoms with van der Waals surface area (Å²) in [4.78, 5) is 5.22. The van der Waals surface area contributed by atoms with Crippen molar-refractivity contribution < 1.29 is 0 Å². The Morgan fingerprint density at radius 2 is 1.70 bits per heavy atom. The molecule has 0 saturated carbocycles. The highest BCUT2D eigenvalue weighted by atomic mass is 35.5. The first-order valence-corrected chi connectivity index (χ1v) is 9.57. The molecule has 0 amide bonds. The second-order valence-electron chi connectivity index (χ2n) is 6.79. The third-order valence-corrected chi connectivity index (χ3v) is 6.14. The van der Waals surface area contributed by atoms with Gasteiger partial charge < -0.3 is 10.6 Å². The molecule has 2 heterocycles. The van der Waals surface area contributed by atoms with E-state index in [2.05, 4.69) is 15.9 Å². The monoisotopic (exact) mass is 355 g/mol. The highest BCUT2D eigenvalue weighted by molar-refractivity contribution is 6.42. The molecule has 0 aliphatic carbocycles. The molecular weight excluding hydrogens is 329 g/mol. The number of halogens is 2. The van der Waals surface area contributed by atoms with Gasteiger partial charge in [0.2, 0.25) is 0 Å². The van der Waals surface area contributed by atoms with E-state index < -0.39 is 0 Å². The highest BCUT2D eigenvalue weighted by Gasteiger charge is 2.29. The number of nitrogens with two attached hydrogens (primary N) is 1. The van der Waals surface area contributed by atoms with Crippen LogP contribution in [0.25, 0.3) is 0 Å². The Balaban J connectivity index is 1.61. The number of piperidine rings is 2. The lowest BCUT2D eigenvalue weighted by molar-refractivity contribution is 0.0736. The van der Waals surface area contributed by atoms with E-state index in [9.17, 15) is 0 Å². The molecule has 1 aromatic carbocycles. The number of benzene rings is 1.